The fourth-order valence-electron chi connectivity index (χ4n) is 2.05. The van der Waals surface area contributed by atoms with Crippen molar-refractivity contribution in [3.8, 4) is 0 Å². The highest BCUT2D eigenvalue weighted by atomic mass is 15.2. The van der Waals surface area contributed by atoms with E-state index in [0.717, 1.165) is 12.5 Å². The molecule has 1 saturated heterocycles. The first-order chi connectivity index (χ1) is 5.72. The van der Waals surface area contributed by atoms with E-state index in [-0.39, 0.29) is 0 Å². The first kappa shape index (κ1) is 10.0. The van der Waals surface area contributed by atoms with E-state index in [9.17, 15) is 0 Å². The first-order valence-corrected chi connectivity index (χ1v) is 5.20. The fraction of sp³-hybridized carbons (Fsp3) is 1.00. The molecule has 1 fully saturated rings. The molecule has 1 aliphatic heterocycles. The van der Waals surface area contributed by atoms with Crippen LogP contribution in [0.25, 0.3) is 0 Å². The zero-order valence-electron chi connectivity index (χ0n) is 8.42. The standard InChI is InChI=1S/C10H22N2/c1-3-4-9(2)7-12-6-5-10(11)8-12/h9-10H,3-8,11H2,1-2H3. The van der Waals surface area contributed by atoms with Crippen LogP contribution in [0.5, 0.6) is 0 Å². The van der Waals surface area contributed by atoms with E-state index in [1.54, 1.807) is 0 Å². The van der Waals surface area contributed by atoms with Crippen LogP contribution in [0.1, 0.15) is 33.1 Å². The van der Waals surface area contributed by atoms with Crippen LogP contribution in [0.15, 0.2) is 0 Å². The van der Waals surface area contributed by atoms with Gasteiger partial charge in [0.05, 0.1) is 0 Å². The van der Waals surface area contributed by atoms with Gasteiger partial charge >= 0.3 is 0 Å². The third kappa shape index (κ3) is 3.11. The zero-order valence-corrected chi connectivity index (χ0v) is 8.42. The number of likely N-dealkylation sites (tertiary alicyclic amines) is 1. The Morgan fingerprint density at radius 3 is 2.83 bits per heavy atom. The molecule has 2 unspecified atom stereocenters. The molecule has 0 amide bonds. The van der Waals surface area contributed by atoms with Gasteiger partial charge < -0.3 is 10.6 Å². The average Bonchev–Trinajstić information content (AvgIpc) is 2.36. The van der Waals surface area contributed by atoms with Gasteiger partial charge in [0, 0.05) is 19.1 Å². The van der Waals surface area contributed by atoms with Gasteiger partial charge in [-0.2, -0.15) is 0 Å². The molecule has 0 aromatic rings. The number of hydrogen-bond acceptors (Lipinski definition) is 2. The molecule has 0 aliphatic carbocycles. The van der Waals surface area contributed by atoms with Gasteiger partial charge in [-0.1, -0.05) is 20.3 Å². The van der Waals surface area contributed by atoms with Crippen molar-refractivity contribution >= 4 is 0 Å². The summed E-state index contributed by atoms with van der Waals surface area (Å²) in [6.07, 6.45) is 3.85. The molecule has 0 aromatic heterocycles. The van der Waals surface area contributed by atoms with Crippen molar-refractivity contribution in [1.29, 1.82) is 0 Å². The van der Waals surface area contributed by atoms with Gasteiger partial charge in [0.15, 0.2) is 0 Å². The monoisotopic (exact) mass is 170 g/mol. The van der Waals surface area contributed by atoms with Crippen molar-refractivity contribution in [3.05, 3.63) is 0 Å². The van der Waals surface area contributed by atoms with Crippen molar-refractivity contribution in [2.45, 2.75) is 39.2 Å². The molecule has 1 rings (SSSR count). The molecule has 2 atom stereocenters. The zero-order chi connectivity index (χ0) is 8.97. The summed E-state index contributed by atoms with van der Waals surface area (Å²) in [5.74, 6) is 0.847. The molecule has 0 spiro atoms. The van der Waals surface area contributed by atoms with Crippen LogP contribution in [0.2, 0.25) is 0 Å². The summed E-state index contributed by atoms with van der Waals surface area (Å²) in [5, 5.41) is 0. The molecule has 72 valence electrons. The second-order valence-corrected chi connectivity index (χ2v) is 4.20. The second-order valence-electron chi connectivity index (χ2n) is 4.20. The smallest absolute Gasteiger partial charge is 0.0180 e. The third-order valence-electron chi connectivity index (χ3n) is 2.66. The third-order valence-corrected chi connectivity index (χ3v) is 2.66. The van der Waals surface area contributed by atoms with Crippen molar-refractivity contribution in [1.82, 2.24) is 4.90 Å². The minimum Gasteiger partial charge on any atom is -0.326 e. The Hall–Kier alpha value is -0.0800. The molecular weight excluding hydrogens is 148 g/mol. The summed E-state index contributed by atoms with van der Waals surface area (Å²) < 4.78 is 0. The van der Waals surface area contributed by atoms with E-state index in [4.69, 9.17) is 5.73 Å². The van der Waals surface area contributed by atoms with Crippen LogP contribution in [-0.4, -0.2) is 30.6 Å². The first-order valence-electron chi connectivity index (χ1n) is 5.20. The molecule has 2 N–H and O–H groups in total. The highest BCUT2D eigenvalue weighted by Gasteiger charge is 2.19. The number of nitrogens with two attached hydrogens (primary N) is 1. The molecule has 0 saturated carbocycles. The summed E-state index contributed by atoms with van der Waals surface area (Å²) in [6, 6.07) is 0.443. The topological polar surface area (TPSA) is 29.3 Å². The predicted octanol–water partition coefficient (Wildman–Crippen LogP) is 1.46. The van der Waals surface area contributed by atoms with E-state index in [0.29, 0.717) is 6.04 Å². The molecule has 2 heteroatoms. The SMILES string of the molecule is CCCC(C)CN1CCC(N)C1. The van der Waals surface area contributed by atoms with E-state index < -0.39 is 0 Å². The Labute approximate surface area is 76.1 Å². The Morgan fingerprint density at radius 2 is 2.33 bits per heavy atom. The van der Waals surface area contributed by atoms with E-state index >= 15 is 0 Å². The lowest BCUT2D eigenvalue weighted by molar-refractivity contribution is 0.276. The van der Waals surface area contributed by atoms with Crippen LogP contribution in [0.4, 0.5) is 0 Å². The van der Waals surface area contributed by atoms with Gasteiger partial charge in [0.2, 0.25) is 0 Å². The molecular formula is C10H22N2. The van der Waals surface area contributed by atoms with E-state index in [2.05, 4.69) is 18.7 Å². The average molecular weight is 170 g/mol. The van der Waals surface area contributed by atoms with Crippen LogP contribution in [-0.2, 0) is 0 Å². The van der Waals surface area contributed by atoms with Gasteiger partial charge in [-0.3, -0.25) is 0 Å². The molecule has 2 nitrogen and oxygen atoms in total. The van der Waals surface area contributed by atoms with Crippen LogP contribution in [0.3, 0.4) is 0 Å². The summed E-state index contributed by atoms with van der Waals surface area (Å²) in [7, 11) is 0. The van der Waals surface area contributed by atoms with E-state index in [1.165, 1.54) is 32.4 Å². The maximum atomic E-state index is 5.83. The quantitative estimate of drug-likeness (QED) is 0.692. The lowest BCUT2D eigenvalue weighted by atomic mass is 10.1. The van der Waals surface area contributed by atoms with Gasteiger partial charge in [0.25, 0.3) is 0 Å². The minimum atomic E-state index is 0.443. The maximum absolute atomic E-state index is 5.83. The van der Waals surface area contributed by atoms with Gasteiger partial charge in [0.1, 0.15) is 0 Å². The molecule has 0 bridgehead atoms. The van der Waals surface area contributed by atoms with Crippen molar-refractivity contribution in [3.63, 3.8) is 0 Å². The van der Waals surface area contributed by atoms with E-state index in [1.807, 2.05) is 0 Å². The summed E-state index contributed by atoms with van der Waals surface area (Å²) in [5.41, 5.74) is 5.83. The predicted molar refractivity (Wildman–Crippen MR) is 53.1 cm³/mol. The van der Waals surface area contributed by atoms with Gasteiger partial charge in [-0.15, -0.1) is 0 Å². The highest BCUT2D eigenvalue weighted by Crippen LogP contribution is 2.12. The van der Waals surface area contributed by atoms with Crippen molar-refractivity contribution in [2.75, 3.05) is 19.6 Å². The number of nitrogens with zero attached hydrogens (tertiary/aromatic N) is 1. The summed E-state index contributed by atoms with van der Waals surface area (Å²) in [4.78, 5) is 2.50. The lowest BCUT2D eigenvalue weighted by Gasteiger charge is -2.19. The van der Waals surface area contributed by atoms with Crippen molar-refractivity contribution in [2.24, 2.45) is 11.7 Å². The van der Waals surface area contributed by atoms with Crippen LogP contribution >= 0.6 is 0 Å². The molecule has 1 heterocycles. The highest BCUT2D eigenvalue weighted by molar-refractivity contribution is 4.78. The molecule has 12 heavy (non-hydrogen) atoms. The van der Waals surface area contributed by atoms with Crippen LogP contribution in [0, 0.1) is 5.92 Å². The van der Waals surface area contributed by atoms with Crippen LogP contribution < -0.4 is 5.73 Å². The van der Waals surface area contributed by atoms with Crippen molar-refractivity contribution < 1.29 is 0 Å². The molecule has 0 radical (unpaired) electrons. The summed E-state index contributed by atoms with van der Waals surface area (Å²) >= 11 is 0. The number of hydrogen-bond donors (Lipinski definition) is 1. The normalized spacial score (nSPS) is 27.8. The minimum absolute atomic E-state index is 0.443. The lowest BCUT2D eigenvalue weighted by Crippen LogP contribution is -2.29. The molecule has 0 aromatic carbocycles. The van der Waals surface area contributed by atoms with Gasteiger partial charge in [-0.25, -0.2) is 0 Å². The Bertz CT molecular complexity index is 125. The largest absolute Gasteiger partial charge is 0.326 e. The summed E-state index contributed by atoms with van der Waals surface area (Å²) in [6.45, 7) is 8.18. The maximum Gasteiger partial charge on any atom is 0.0180 e. The Morgan fingerprint density at radius 1 is 1.58 bits per heavy atom. The molecule has 1 aliphatic rings. The Balaban J connectivity index is 2.14. The number of rotatable bonds is 4. The fourth-order valence-corrected chi connectivity index (χ4v) is 2.05. The second kappa shape index (κ2) is 4.83. The van der Waals surface area contributed by atoms with Gasteiger partial charge in [-0.05, 0) is 25.3 Å². The Kier molecular flexibility index (Phi) is 4.02.